The summed E-state index contributed by atoms with van der Waals surface area (Å²) in [6.07, 6.45) is 3.74. The fourth-order valence-electron chi connectivity index (χ4n) is 2.13. The lowest BCUT2D eigenvalue weighted by molar-refractivity contribution is -0.142. The standard InChI is InChI=1S/C13H20N4O3S/c1-13(2,21-3)6-14-12(20)17-5-9-8(15-7-16-9)4-10(17)11(18)19/h7,10H,4-6H2,1-3H3,(H,14,20)(H,15,16)(H,18,19). The average molecular weight is 312 g/mol. The van der Waals surface area contributed by atoms with Gasteiger partial charge in [-0.3, -0.25) is 0 Å². The van der Waals surface area contributed by atoms with E-state index in [9.17, 15) is 14.7 Å². The van der Waals surface area contributed by atoms with Crippen LogP contribution in [-0.4, -0.2) is 55.6 Å². The van der Waals surface area contributed by atoms with Gasteiger partial charge in [-0.05, 0) is 20.1 Å². The second-order valence-corrected chi connectivity index (χ2v) is 7.15. The molecule has 2 rings (SSSR count). The summed E-state index contributed by atoms with van der Waals surface area (Å²) >= 11 is 1.65. The number of H-pyrrole nitrogens is 1. The van der Waals surface area contributed by atoms with E-state index < -0.39 is 12.0 Å². The Bertz CT molecular complexity index is 543. The van der Waals surface area contributed by atoms with Crippen molar-refractivity contribution in [2.75, 3.05) is 12.8 Å². The predicted octanol–water partition coefficient (Wildman–Crippen LogP) is 1.07. The number of aromatic nitrogens is 2. The quantitative estimate of drug-likeness (QED) is 0.772. The second kappa shape index (κ2) is 5.97. The number of carbonyl (C=O) groups is 2. The third-order valence-electron chi connectivity index (χ3n) is 3.66. The molecular formula is C13H20N4O3S. The van der Waals surface area contributed by atoms with E-state index in [4.69, 9.17) is 0 Å². The first kappa shape index (κ1) is 15.7. The van der Waals surface area contributed by atoms with Crippen LogP contribution in [0.15, 0.2) is 6.33 Å². The molecule has 1 atom stereocenters. The molecule has 1 aromatic heterocycles. The summed E-state index contributed by atoms with van der Waals surface area (Å²) in [6, 6.07) is -1.23. The molecule has 2 amide bonds. The molecule has 0 fully saturated rings. The highest BCUT2D eigenvalue weighted by Gasteiger charge is 2.36. The number of carboxylic acid groups (broad SMARTS) is 1. The van der Waals surface area contributed by atoms with Crippen molar-refractivity contribution in [3.63, 3.8) is 0 Å². The molecule has 7 nitrogen and oxygen atoms in total. The molecule has 0 saturated heterocycles. The van der Waals surface area contributed by atoms with Gasteiger partial charge in [-0.2, -0.15) is 11.8 Å². The minimum atomic E-state index is -1.01. The van der Waals surface area contributed by atoms with Gasteiger partial charge in [0, 0.05) is 17.7 Å². The van der Waals surface area contributed by atoms with Gasteiger partial charge in [-0.1, -0.05) is 0 Å². The molecule has 1 aliphatic heterocycles. The topological polar surface area (TPSA) is 98.3 Å². The number of aliphatic carboxylic acids is 1. The Kier molecular flexibility index (Phi) is 4.46. The van der Waals surface area contributed by atoms with Crippen LogP contribution in [0.1, 0.15) is 25.2 Å². The van der Waals surface area contributed by atoms with Crippen LogP contribution in [0.3, 0.4) is 0 Å². The van der Waals surface area contributed by atoms with E-state index in [1.165, 1.54) is 11.2 Å². The van der Waals surface area contributed by atoms with Crippen molar-refractivity contribution < 1.29 is 14.7 Å². The van der Waals surface area contributed by atoms with E-state index in [0.717, 1.165) is 11.4 Å². The van der Waals surface area contributed by atoms with Crippen molar-refractivity contribution in [3.05, 3.63) is 17.7 Å². The number of urea groups is 1. The monoisotopic (exact) mass is 312 g/mol. The highest BCUT2D eigenvalue weighted by atomic mass is 32.2. The molecule has 0 bridgehead atoms. The number of amides is 2. The number of aromatic amines is 1. The van der Waals surface area contributed by atoms with Crippen molar-refractivity contribution in [1.82, 2.24) is 20.2 Å². The largest absolute Gasteiger partial charge is 0.480 e. The summed E-state index contributed by atoms with van der Waals surface area (Å²) in [5.41, 5.74) is 1.52. The SMILES string of the molecule is CSC(C)(C)CNC(=O)N1Cc2[nH]cnc2CC1C(=O)O. The Morgan fingerprint density at radius 2 is 2.33 bits per heavy atom. The number of fused-ring (bicyclic) bond motifs is 1. The lowest BCUT2D eigenvalue weighted by atomic mass is 10.0. The van der Waals surface area contributed by atoms with Gasteiger partial charge in [-0.25, -0.2) is 14.6 Å². The normalized spacial score (nSPS) is 18.2. The molecular weight excluding hydrogens is 292 g/mol. The summed E-state index contributed by atoms with van der Waals surface area (Å²) < 4.78 is -0.0939. The molecule has 1 aliphatic rings. The molecule has 0 aromatic carbocycles. The molecule has 3 N–H and O–H groups in total. The smallest absolute Gasteiger partial charge is 0.326 e. The summed E-state index contributed by atoms with van der Waals surface area (Å²) in [7, 11) is 0. The highest BCUT2D eigenvalue weighted by molar-refractivity contribution is 7.99. The molecule has 1 unspecified atom stereocenters. The Balaban J connectivity index is 2.09. The summed E-state index contributed by atoms with van der Waals surface area (Å²) in [6.45, 7) is 4.76. The van der Waals surface area contributed by atoms with Gasteiger partial charge < -0.3 is 20.3 Å². The van der Waals surface area contributed by atoms with Crippen LogP contribution < -0.4 is 5.32 Å². The number of hydrogen-bond donors (Lipinski definition) is 3. The first-order chi connectivity index (χ1) is 9.84. The van der Waals surface area contributed by atoms with Crippen molar-refractivity contribution in [2.45, 2.75) is 37.6 Å². The van der Waals surface area contributed by atoms with E-state index >= 15 is 0 Å². The number of nitrogens with one attached hydrogen (secondary N) is 2. The lowest BCUT2D eigenvalue weighted by Gasteiger charge is -2.33. The summed E-state index contributed by atoms with van der Waals surface area (Å²) in [4.78, 5) is 32.1. The van der Waals surface area contributed by atoms with Gasteiger partial charge >= 0.3 is 12.0 Å². The number of carboxylic acids is 1. The summed E-state index contributed by atoms with van der Waals surface area (Å²) in [5.74, 6) is -1.01. The first-order valence-electron chi connectivity index (χ1n) is 6.67. The van der Waals surface area contributed by atoms with Crippen LogP contribution in [0, 0.1) is 0 Å². The second-order valence-electron chi connectivity index (χ2n) is 5.64. The Hall–Kier alpha value is -1.70. The zero-order chi connectivity index (χ0) is 15.6. The molecule has 8 heteroatoms. The molecule has 21 heavy (non-hydrogen) atoms. The van der Waals surface area contributed by atoms with Crippen LogP contribution in [0.4, 0.5) is 4.79 Å². The molecule has 0 spiro atoms. The average Bonchev–Trinajstić information content (AvgIpc) is 2.90. The zero-order valence-electron chi connectivity index (χ0n) is 12.3. The van der Waals surface area contributed by atoms with Gasteiger partial charge in [0.1, 0.15) is 6.04 Å². The van der Waals surface area contributed by atoms with Crippen molar-refractivity contribution in [3.8, 4) is 0 Å². The number of carbonyl (C=O) groups excluding carboxylic acids is 1. The van der Waals surface area contributed by atoms with E-state index in [1.54, 1.807) is 11.8 Å². The maximum atomic E-state index is 12.3. The van der Waals surface area contributed by atoms with Gasteiger partial charge in [0.2, 0.25) is 0 Å². The van der Waals surface area contributed by atoms with Crippen LogP contribution >= 0.6 is 11.8 Å². The van der Waals surface area contributed by atoms with Crippen LogP contribution in [-0.2, 0) is 17.8 Å². The molecule has 0 radical (unpaired) electrons. The van der Waals surface area contributed by atoms with E-state index in [1.807, 2.05) is 20.1 Å². The lowest BCUT2D eigenvalue weighted by Crippen LogP contribution is -2.53. The van der Waals surface area contributed by atoms with E-state index in [0.29, 0.717) is 6.54 Å². The number of thioether (sulfide) groups is 1. The van der Waals surface area contributed by atoms with Gasteiger partial charge in [-0.15, -0.1) is 0 Å². The molecule has 1 aromatic rings. The zero-order valence-corrected chi connectivity index (χ0v) is 13.2. The van der Waals surface area contributed by atoms with Gasteiger partial charge in [0.05, 0.1) is 24.3 Å². The fraction of sp³-hybridized carbons (Fsp3) is 0.615. The van der Waals surface area contributed by atoms with E-state index in [2.05, 4.69) is 15.3 Å². The van der Waals surface area contributed by atoms with Crippen LogP contribution in [0.2, 0.25) is 0 Å². The Morgan fingerprint density at radius 1 is 1.62 bits per heavy atom. The maximum Gasteiger partial charge on any atom is 0.326 e. The van der Waals surface area contributed by atoms with Gasteiger partial charge in [0.25, 0.3) is 0 Å². The Morgan fingerprint density at radius 3 is 2.95 bits per heavy atom. The maximum absolute atomic E-state index is 12.3. The molecule has 116 valence electrons. The van der Waals surface area contributed by atoms with Gasteiger partial charge in [0.15, 0.2) is 0 Å². The molecule has 2 heterocycles. The number of nitrogens with zero attached hydrogens (tertiary/aromatic N) is 2. The van der Waals surface area contributed by atoms with Crippen molar-refractivity contribution >= 4 is 23.8 Å². The summed E-state index contributed by atoms with van der Waals surface area (Å²) in [5, 5.41) is 12.2. The number of hydrogen-bond acceptors (Lipinski definition) is 4. The van der Waals surface area contributed by atoms with Crippen LogP contribution in [0.25, 0.3) is 0 Å². The van der Waals surface area contributed by atoms with Crippen molar-refractivity contribution in [2.24, 2.45) is 0 Å². The minimum absolute atomic E-state index is 0.0939. The fourth-order valence-corrected chi connectivity index (χ4v) is 2.35. The first-order valence-corrected chi connectivity index (χ1v) is 7.90. The van der Waals surface area contributed by atoms with Crippen LogP contribution in [0.5, 0.6) is 0 Å². The van der Waals surface area contributed by atoms with E-state index in [-0.39, 0.29) is 23.7 Å². The Labute approximate surface area is 127 Å². The molecule has 0 saturated carbocycles. The predicted molar refractivity (Wildman–Crippen MR) is 80.3 cm³/mol. The third-order valence-corrected chi connectivity index (χ3v) is 4.91. The molecule has 0 aliphatic carbocycles. The minimum Gasteiger partial charge on any atom is -0.480 e. The highest BCUT2D eigenvalue weighted by Crippen LogP contribution is 2.22. The van der Waals surface area contributed by atoms with Crippen molar-refractivity contribution in [1.29, 1.82) is 0 Å². The number of imidazole rings is 1. The number of rotatable bonds is 4. The third kappa shape index (κ3) is 3.49.